The maximum absolute atomic E-state index is 11.9. The number of hydrogen-bond donors (Lipinski definition) is 0. The van der Waals surface area contributed by atoms with Gasteiger partial charge in [-0.25, -0.2) is 13.4 Å². The summed E-state index contributed by atoms with van der Waals surface area (Å²) < 4.78 is 27.0. The molecule has 0 spiro atoms. The van der Waals surface area contributed by atoms with Crippen molar-refractivity contribution in [2.45, 2.75) is 18.9 Å². The Bertz CT molecular complexity index is 754. The Kier molecular flexibility index (Phi) is 3.54. The molecule has 0 saturated carbocycles. The summed E-state index contributed by atoms with van der Waals surface area (Å²) in [5.74, 6) is 0. The summed E-state index contributed by atoms with van der Waals surface area (Å²) in [5.41, 5.74) is 2.53. The Hall–Kier alpha value is -1.73. The van der Waals surface area contributed by atoms with Crippen molar-refractivity contribution in [3.63, 3.8) is 0 Å². The van der Waals surface area contributed by atoms with Crippen molar-refractivity contribution in [2.24, 2.45) is 7.05 Å². The molecule has 6 nitrogen and oxygen atoms in total. The van der Waals surface area contributed by atoms with E-state index in [-0.39, 0.29) is 6.04 Å². The molecule has 1 aliphatic rings. The van der Waals surface area contributed by atoms with Crippen molar-refractivity contribution in [3.8, 4) is 11.4 Å². The second-order valence-corrected chi connectivity index (χ2v) is 7.25. The molecule has 0 aliphatic carbocycles. The Balaban J connectivity index is 1.99. The van der Waals surface area contributed by atoms with Crippen LogP contribution in [0.15, 0.2) is 30.5 Å². The number of hydrogen-bond acceptors (Lipinski definition) is 4. The van der Waals surface area contributed by atoms with Crippen molar-refractivity contribution in [1.82, 2.24) is 19.1 Å². The van der Waals surface area contributed by atoms with Crippen molar-refractivity contribution in [2.75, 3.05) is 12.8 Å². The number of nitrogens with zero attached hydrogens (tertiary/aromatic N) is 4. The SMILES string of the molecule is Cn1nccc1-c1cccc([C@@H]2CCCN2S(C)(=O)=O)n1. The molecule has 3 heterocycles. The fourth-order valence-electron chi connectivity index (χ4n) is 2.84. The van der Waals surface area contributed by atoms with Gasteiger partial charge in [0.1, 0.15) is 0 Å². The van der Waals surface area contributed by atoms with E-state index in [1.165, 1.54) is 6.26 Å². The summed E-state index contributed by atoms with van der Waals surface area (Å²) >= 11 is 0. The van der Waals surface area contributed by atoms with Gasteiger partial charge in [-0.2, -0.15) is 9.40 Å². The molecule has 0 N–H and O–H groups in total. The zero-order valence-electron chi connectivity index (χ0n) is 12.1. The van der Waals surface area contributed by atoms with Crippen LogP contribution in [0.4, 0.5) is 0 Å². The van der Waals surface area contributed by atoms with E-state index >= 15 is 0 Å². The van der Waals surface area contributed by atoms with Gasteiger partial charge in [-0.05, 0) is 31.0 Å². The molecule has 1 aliphatic heterocycles. The molecule has 1 atom stereocenters. The second-order valence-electron chi connectivity index (χ2n) is 5.32. The maximum Gasteiger partial charge on any atom is 0.211 e. The Morgan fingerprint density at radius 1 is 1.29 bits per heavy atom. The molecule has 1 fully saturated rings. The molecular weight excluding hydrogens is 288 g/mol. The minimum Gasteiger partial charge on any atom is -0.266 e. The van der Waals surface area contributed by atoms with Crippen LogP contribution in [0.5, 0.6) is 0 Å². The molecule has 0 amide bonds. The van der Waals surface area contributed by atoms with E-state index in [2.05, 4.69) is 10.1 Å². The number of pyridine rings is 1. The molecule has 21 heavy (non-hydrogen) atoms. The van der Waals surface area contributed by atoms with Gasteiger partial charge in [0.15, 0.2) is 0 Å². The zero-order valence-corrected chi connectivity index (χ0v) is 12.9. The lowest BCUT2D eigenvalue weighted by molar-refractivity contribution is 0.394. The summed E-state index contributed by atoms with van der Waals surface area (Å²) in [6.45, 7) is 0.571. The van der Waals surface area contributed by atoms with Crippen LogP contribution >= 0.6 is 0 Å². The highest BCUT2D eigenvalue weighted by Crippen LogP contribution is 2.33. The van der Waals surface area contributed by atoms with Gasteiger partial charge in [0, 0.05) is 19.8 Å². The Morgan fingerprint density at radius 2 is 2.10 bits per heavy atom. The van der Waals surface area contributed by atoms with Crippen molar-refractivity contribution in [1.29, 1.82) is 0 Å². The number of sulfonamides is 1. The number of rotatable bonds is 3. The number of aryl methyl sites for hydroxylation is 1. The first-order valence-corrected chi connectivity index (χ1v) is 8.74. The number of aromatic nitrogens is 3. The summed E-state index contributed by atoms with van der Waals surface area (Å²) in [6.07, 6.45) is 4.67. The topological polar surface area (TPSA) is 68.1 Å². The lowest BCUT2D eigenvalue weighted by Crippen LogP contribution is -2.29. The highest BCUT2D eigenvalue weighted by Gasteiger charge is 2.33. The van der Waals surface area contributed by atoms with Crippen LogP contribution in [0.3, 0.4) is 0 Å². The van der Waals surface area contributed by atoms with Crippen molar-refractivity contribution < 1.29 is 8.42 Å². The lowest BCUT2D eigenvalue weighted by Gasteiger charge is -2.22. The van der Waals surface area contributed by atoms with Crippen LogP contribution in [0.1, 0.15) is 24.6 Å². The normalized spacial score (nSPS) is 20.0. The Labute approximate surface area is 124 Å². The van der Waals surface area contributed by atoms with E-state index in [0.717, 1.165) is 29.9 Å². The fraction of sp³-hybridized carbons (Fsp3) is 0.429. The van der Waals surface area contributed by atoms with Gasteiger partial charge in [0.05, 0.1) is 29.4 Å². The lowest BCUT2D eigenvalue weighted by atomic mass is 10.1. The first-order valence-electron chi connectivity index (χ1n) is 6.89. The molecule has 0 unspecified atom stereocenters. The molecule has 3 rings (SSSR count). The van der Waals surface area contributed by atoms with Gasteiger partial charge in [0.2, 0.25) is 10.0 Å². The monoisotopic (exact) mass is 306 g/mol. The van der Waals surface area contributed by atoms with E-state index in [1.807, 2.05) is 31.3 Å². The zero-order chi connectivity index (χ0) is 15.0. The van der Waals surface area contributed by atoms with Crippen molar-refractivity contribution in [3.05, 3.63) is 36.2 Å². The third-order valence-electron chi connectivity index (χ3n) is 3.83. The summed E-state index contributed by atoms with van der Waals surface area (Å²) in [5, 5.41) is 4.14. The van der Waals surface area contributed by atoms with E-state index < -0.39 is 10.0 Å². The molecule has 7 heteroatoms. The first kappa shape index (κ1) is 14.2. The molecule has 2 aromatic rings. The predicted molar refractivity (Wildman–Crippen MR) is 80.0 cm³/mol. The van der Waals surface area contributed by atoms with Gasteiger partial charge in [0.25, 0.3) is 0 Å². The molecular formula is C14H18N4O2S. The van der Waals surface area contributed by atoms with E-state index in [0.29, 0.717) is 6.54 Å². The summed E-state index contributed by atoms with van der Waals surface area (Å²) in [7, 11) is -1.34. The van der Waals surface area contributed by atoms with Crippen LogP contribution in [0, 0.1) is 0 Å². The first-order chi connectivity index (χ1) is 9.97. The second kappa shape index (κ2) is 5.23. The largest absolute Gasteiger partial charge is 0.266 e. The fourth-order valence-corrected chi connectivity index (χ4v) is 3.97. The van der Waals surface area contributed by atoms with Gasteiger partial charge in [-0.1, -0.05) is 6.07 Å². The summed E-state index contributed by atoms with van der Waals surface area (Å²) in [6, 6.07) is 7.47. The standard InChI is InChI=1S/C14H18N4O2S/c1-17-13(8-9-15-17)11-5-3-6-12(16-11)14-7-4-10-18(14)21(2,19)20/h3,5-6,8-9,14H,4,7,10H2,1-2H3/t14-/m0/s1. The van der Waals surface area contributed by atoms with Crippen LogP contribution in [0.2, 0.25) is 0 Å². The minimum absolute atomic E-state index is 0.159. The molecule has 0 radical (unpaired) electrons. The van der Waals surface area contributed by atoms with Crippen LogP contribution < -0.4 is 0 Å². The van der Waals surface area contributed by atoms with E-state index in [1.54, 1.807) is 15.2 Å². The van der Waals surface area contributed by atoms with Gasteiger partial charge < -0.3 is 0 Å². The molecule has 0 aromatic carbocycles. The average molecular weight is 306 g/mol. The molecule has 1 saturated heterocycles. The Morgan fingerprint density at radius 3 is 2.76 bits per heavy atom. The molecule has 0 bridgehead atoms. The van der Waals surface area contributed by atoms with Crippen LogP contribution in [-0.2, 0) is 17.1 Å². The van der Waals surface area contributed by atoms with E-state index in [4.69, 9.17) is 0 Å². The van der Waals surface area contributed by atoms with Crippen LogP contribution in [-0.4, -0.2) is 40.3 Å². The maximum atomic E-state index is 11.9. The highest BCUT2D eigenvalue weighted by atomic mass is 32.2. The third-order valence-corrected chi connectivity index (χ3v) is 5.11. The van der Waals surface area contributed by atoms with Crippen LogP contribution in [0.25, 0.3) is 11.4 Å². The molecule has 2 aromatic heterocycles. The van der Waals surface area contributed by atoms with Crippen molar-refractivity contribution >= 4 is 10.0 Å². The van der Waals surface area contributed by atoms with E-state index in [9.17, 15) is 8.42 Å². The van der Waals surface area contributed by atoms with Gasteiger partial charge in [-0.3, -0.25) is 4.68 Å². The summed E-state index contributed by atoms with van der Waals surface area (Å²) in [4.78, 5) is 4.65. The minimum atomic E-state index is -3.20. The third kappa shape index (κ3) is 2.71. The molecule has 112 valence electrons. The average Bonchev–Trinajstić information content (AvgIpc) is 3.06. The van der Waals surface area contributed by atoms with Gasteiger partial charge in [-0.15, -0.1) is 0 Å². The highest BCUT2D eigenvalue weighted by molar-refractivity contribution is 7.88. The van der Waals surface area contributed by atoms with Gasteiger partial charge >= 0.3 is 0 Å². The smallest absolute Gasteiger partial charge is 0.211 e. The predicted octanol–water partition coefficient (Wildman–Crippen LogP) is 1.58. The quantitative estimate of drug-likeness (QED) is 0.863.